The molecule has 0 aliphatic heterocycles. The van der Waals surface area contributed by atoms with Gasteiger partial charge in [-0.2, -0.15) is 0 Å². The van der Waals surface area contributed by atoms with E-state index in [0.717, 1.165) is 28.0 Å². The molecule has 0 atom stereocenters. The normalized spacial score (nSPS) is 10.8. The minimum absolute atomic E-state index is 0.713. The zero-order valence-corrected chi connectivity index (χ0v) is 12.5. The van der Waals surface area contributed by atoms with Crippen molar-refractivity contribution in [2.75, 3.05) is 5.73 Å². The Morgan fingerprint density at radius 2 is 1.71 bits per heavy atom. The van der Waals surface area contributed by atoms with Gasteiger partial charge < -0.3 is 10.5 Å². The highest BCUT2D eigenvalue weighted by Gasteiger charge is 2.08. The summed E-state index contributed by atoms with van der Waals surface area (Å²) in [4.78, 5) is 4.31. The maximum Gasteiger partial charge on any atom is 0.135 e. The topological polar surface area (TPSA) is 48.1 Å². The monoisotopic (exact) mass is 278 g/mol. The molecule has 1 aromatic heterocycles. The number of nitrogen functional groups attached to an aromatic ring is 1. The van der Waals surface area contributed by atoms with Gasteiger partial charge in [-0.05, 0) is 62.2 Å². The maximum atomic E-state index is 6.05. The summed E-state index contributed by atoms with van der Waals surface area (Å²) in [5, 5.41) is 1.91. The predicted octanol–water partition coefficient (Wildman–Crippen LogP) is 4.53. The van der Waals surface area contributed by atoms with Crippen molar-refractivity contribution < 1.29 is 4.74 Å². The Bertz CT molecular complexity index is 825. The van der Waals surface area contributed by atoms with Crippen LogP contribution in [0.25, 0.3) is 10.8 Å². The first kappa shape index (κ1) is 13.4. The number of nitrogens with two attached hydrogens (primary N) is 1. The van der Waals surface area contributed by atoms with Crippen LogP contribution in [0.3, 0.4) is 0 Å². The van der Waals surface area contributed by atoms with E-state index in [1.807, 2.05) is 37.3 Å². The van der Waals surface area contributed by atoms with Crippen molar-refractivity contribution in [3.63, 3.8) is 0 Å². The summed E-state index contributed by atoms with van der Waals surface area (Å²) in [7, 11) is 0. The number of aryl methyl sites for hydroxylation is 3. The van der Waals surface area contributed by atoms with Gasteiger partial charge in [0.05, 0.1) is 0 Å². The Balaban J connectivity index is 2.10. The lowest BCUT2D eigenvalue weighted by Gasteiger charge is -2.12. The van der Waals surface area contributed by atoms with Crippen LogP contribution < -0.4 is 10.5 Å². The molecule has 21 heavy (non-hydrogen) atoms. The largest absolute Gasteiger partial charge is 0.457 e. The zero-order chi connectivity index (χ0) is 15.0. The maximum absolute atomic E-state index is 6.05. The van der Waals surface area contributed by atoms with Crippen LogP contribution in [0.2, 0.25) is 0 Å². The van der Waals surface area contributed by atoms with Crippen molar-refractivity contribution in [2.45, 2.75) is 20.8 Å². The smallest absolute Gasteiger partial charge is 0.135 e. The molecule has 0 bridgehead atoms. The van der Waals surface area contributed by atoms with Gasteiger partial charge in [0.2, 0.25) is 0 Å². The zero-order valence-electron chi connectivity index (χ0n) is 12.5. The molecule has 0 radical (unpaired) electrons. The van der Waals surface area contributed by atoms with E-state index in [9.17, 15) is 0 Å². The van der Waals surface area contributed by atoms with Crippen molar-refractivity contribution >= 4 is 16.5 Å². The van der Waals surface area contributed by atoms with Gasteiger partial charge in [0.15, 0.2) is 0 Å². The minimum atomic E-state index is 0.713. The average Bonchev–Trinajstić information content (AvgIpc) is 2.46. The molecule has 0 aliphatic rings. The van der Waals surface area contributed by atoms with Crippen LogP contribution in [0, 0.1) is 20.8 Å². The lowest BCUT2D eigenvalue weighted by Crippen LogP contribution is -1.93. The number of benzene rings is 2. The van der Waals surface area contributed by atoms with Gasteiger partial charge in [-0.15, -0.1) is 0 Å². The second-order valence-electron chi connectivity index (χ2n) is 5.37. The molecule has 3 heteroatoms. The number of rotatable bonds is 2. The van der Waals surface area contributed by atoms with Crippen molar-refractivity contribution in [1.82, 2.24) is 4.98 Å². The molecule has 0 amide bonds. The van der Waals surface area contributed by atoms with Gasteiger partial charge in [-0.25, -0.2) is 0 Å². The highest BCUT2D eigenvalue weighted by atomic mass is 16.5. The van der Waals surface area contributed by atoms with E-state index in [-0.39, 0.29) is 0 Å². The van der Waals surface area contributed by atoms with Crippen LogP contribution in [-0.4, -0.2) is 4.98 Å². The van der Waals surface area contributed by atoms with Crippen LogP contribution >= 0.6 is 0 Å². The Hall–Kier alpha value is -2.55. The molecule has 2 aromatic carbocycles. The van der Waals surface area contributed by atoms with E-state index in [2.05, 4.69) is 24.9 Å². The molecule has 3 aromatic rings. The second-order valence-corrected chi connectivity index (χ2v) is 5.37. The van der Waals surface area contributed by atoms with Gasteiger partial charge >= 0.3 is 0 Å². The Labute approximate surface area is 124 Å². The molecule has 0 saturated heterocycles. The molecule has 2 N–H and O–H groups in total. The molecular formula is C18H18N2O. The van der Waals surface area contributed by atoms with Gasteiger partial charge in [-0.3, -0.25) is 4.98 Å². The summed E-state index contributed by atoms with van der Waals surface area (Å²) in [6.07, 6.45) is 1.80. The van der Waals surface area contributed by atoms with Crippen molar-refractivity contribution in [3.05, 3.63) is 59.4 Å². The minimum Gasteiger partial charge on any atom is -0.457 e. The van der Waals surface area contributed by atoms with Crippen LogP contribution in [0.15, 0.2) is 42.6 Å². The predicted molar refractivity (Wildman–Crippen MR) is 86.9 cm³/mol. The molecule has 1 heterocycles. The van der Waals surface area contributed by atoms with E-state index in [0.29, 0.717) is 5.69 Å². The van der Waals surface area contributed by atoms with Crippen LogP contribution in [0.5, 0.6) is 11.5 Å². The summed E-state index contributed by atoms with van der Waals surface area (Å²) in [6.45, 7) is 6.13. The molecule has 0 spiro atoms. The molecule has 0 fully saturated rings. The molecule has 3 rings (SSSR count). The fraction of sp³-hybridized carbons (Fsp3) is 0.167. The lowest BCUT2D eigenvalue weighted by molar-refractivity contribution is 0.488. The SMILES string of the molecule is Cc1cc2c(Oc3ccc(C)c(C)c3)ccc(N)c2cn1. The van der Waals surface area contributed by atoms with E-state index < -0.39 is 0 Å². The molecule has 106 valence electrons. The first-order chi connectivity index (χ1) is 10.0. The van der Waals surface area contributed by atoms with Crippen LogP contribution in [0.1, 0.15) is 16.8 Å². The Kier molecular flexibility index (Phi) is 3.26. The molecule has 0 unspecified atom stereocenters. The van der Waals surface area contributed by atoms with Crippen molar-refractivity contribution in [1.29, 1.82) is 0 Å². The Morgan fingerprint density at radius 3 is 2.48 bits per heavy atom. The number of fused-ring (bicyclic) bond motifs is 1. The van der Waals surface area contributed by atoms with Crippen LogP contribution in [0.4, 0.5) is 5.69 Å². The highest BCUT2D eigenvalue weighted by Crippen LogP contribution is 2.33. The molecular weight excluding hydrogens is 260 g/mol. The molecule has 0 saturated carbocycles. The Morgan fingerprint density at radius 1 is 0.905 bits per heavy atom. The third kappa shape index (κ3) is 2.55. The summed E-state index contributed by atoms with van der Waals surface area (Å²) >= 11 is 0. The summed E-state index contributed by atoms with van der Waals surface area (Å²) < 4.78 is 6.05. The molecule has 3 nitrogen and oxygen atoms in total. The summed E-state index contributed by atoms with van der Waals surface area (Å²) in [5.74, 6) is 1.63. The number of ether oxygens (including phenoxy) is 1. The second kappa shape index (κ2) is 5.09. The van der Waals surface area contributed by atoms with Gasteiger partial charge in [0.25, 0.3) is 0 Å². The lowest BCUT2D eigenvalue weighted by atomic mass is 10.1. The van der Waals surface area contributed by atoms with Gasteiger partial charge in [0, 0.05) is 28.4 Å². The third-order valence-electron chi connectivity index (χ3n) is 3.74. The first-order valence-electron chi connectivity index (χ1n) is 6.94. The van der Waals surface area contributed by atoms with Crippen molar-refractivity contribution in [3.8, 4) is 11.5 Å². The number of nitrogens with zero attached hydrogens (tertiary/aromatic N) is 1. The summed E-state index contributed by atoms with van der Waals surface area (Å²) in [5.41, 5.74) is 10.1. The van der Waals surface area contributed by atoms with E-state index in [1.165, 1.54) is 11.1 Å². The first-order valence-corrected chi connectivity index (χ1v) is 6.94. The summed E-state index contributed by atoms with van der Waals surface area (Å²) in [6, 6.07) is 11.9. The van der Waals surface area contributed by atoms with Gasteiger partial charge in [0.1, 0.15) is 11.5 Å². The standard InChI is InChI=1S/C18H18N2O/c1-11-4-5-14(8-12(11)2)21-18-7-6-17(19)16-10-20-13(3)9-15(16)18/h4-10H,19H2,1-3H3. The average molecular weight is 278 g/mol. The fourth-order valence-electron chi connectivity index (χ4n) is 2.33. The fourth-order valence-corrected chi connectivity index (χ4v) is 2.33. The quantitative estimate of drug-likeness (QED) is 0.700. The van der Waals surface area contributed by atoms with Gasteiger partial charge in [-0.1, -0.05) is 6.07 Å². The van der Waals surface area contributed by atoms with E-state index in [4.69, 9.17) is 10.5 Å². The number of hydrogen-bond acceptors (Lipinski definition) is 3. The number of anilines is 1. The van der Waals surface area contributed by atoms with E-state index >= 15 is 0 Å². The number of aromatic nitrogens is 1. The third-order valence-corrected chi connectivity index (χ3v) is 3.74. The van der Waals surface area contributed by atoms with Crippen molar-refractivity contribution in [2.24, 2.45) is 0 Å². The van der Waals surface area contributed by atoms with E-state index in [1.54, 1.807) is 6.20 Å². The number of hydrogen-bond donors (Lipinski definition) is 1. The number of pyridine rings is 1. The highest BCUT2D eigenvalue weighted by molar-refractivity contribution is 5.96. The van der Waals surface area contributed by atoms with Crippen LogP contribution in [-0.2, 0) is 0 Å². The molecule has 0 aliphatic carbocycles.